The van der Waals surface area contributed by atoms with E-state index in [0.717, 1.165) is 48.9 Å². The highest BCUT2D eigenvalue weighted by molar-refractivity contribution is 5.79. The maximum absolute atomic E-state index is 6.09. The second-order valence-electron chi connectivity index (χ2n) is 6.42. The van der Waals surface area contributed by atoms with E-state index in [0.29, 0.717) is 12.6 Å². The number of aromatic nitrogens is 2. The fourth-order valence-corrected chi connectivity index (χ4v) is 3.08. The quantitative estimate of drug-likeness (QED) is 0.591. The van der Waals surface area contributed by atoms with Crippen molar-refractivity contribution in [1.82, 2.24) is 20.6 Å². The zero-order valence-corrected chi connectivity index (χ0v) is 15.3. The molecule has 0 amide bonds. The van der Waals surface area contributed by atoms with Gasteiger partial charge in [0.15, 0.2) is 5.96 Å². The first kappa shape index (κ1) is 18.2. The van der Waals surface area contributed by atoms with Crippen LogP contribution in [0.25, 0.3) is 0 Å². The summed E-state index contributed by atoms with van der Waals surface area (Å²) >= 11 is 0. The van der Waals surface area contributed by atoms with Crippen molar-refractivity contribution in [2.45, 2.75) is 44.8 Å². The molecule has 0 unspecified atom stereocenters. The first-order valence-electron chi connectivity index (χ1n) is 9.30. The van der Waals surface area contributed by atoms with E-state index in [1.807, 2.05) is 36.5 Å². The van der Waals surface area contributed by atoms with Gasteiger partial charge in [0.25, 0.3) is 0 Å². The fourth-order valence-electron chi connectivity index (χ4n) is 3.08. The molecule has 2 N–H and O–H groups in total. The number of pyridine rings is 2. The molecule has 2 heterocycles. The van der Waals surface area contributed by atoms with Crippen molar-refractivity contribution in [3.63, 3.8) is 0 Å². The van der Waals surface area contributed by atoms with Crippen LogP contribution in [0.2, 0.25) is 0 Å². The molecule has 26 heavy (non-hydrogen) atoms. The van der Waals surface area contributed by atoms with Gasteiger partial charge in [0.2, 0.25) is 5.88 Å². The molecule has 0 atom stereocenters. The summed E-state index contributed by atoms with van der Waals surface area (Å²) in [4.78, 5) is 13.0. The first-order chi connectivity index (χ1) is 12.8. The third-order valence-electron chi connectivity index (χ3n) is 4.50. The average Bonchev–Trinajstić information content (AvgIpc) is 3.19. The molecule has 1 saturated carbocycles. The summed E-state index contributed by atoms with van der Waals surface area (Å²) in [5.74, 6) is 1.49. The molecule has 138 valence electrons. The predicted octanol–water partition coefficient (Wildman–Crippen LogP) is 2.71. The number of rotatable bonds is 7. The van der Waals surface area contributed by atoms with Crippen LogP contribution in [0, 0.1) is 0 Å². The Kier molecular flexibility index (Phi) is 6.81. The summed E-state index contributed by atoms with van der Waals surface area (Å²) in [6, 6.07) is 9.95. The lowest BCUT2D eigenvalue weighted by atomic mass is 10.2. The number of aliphatic imine (C=N–C) groups is 1. The van der Waals surface area contributed by atoms with Gasteiger partial charge in [-0.2, -0.15) is 0 Å². The molecule has 0 bridgehead atoms. The maximum atomic E-state index is 6.09. The van der Waals surface area contributed by atoms with Crippen LogP contribution in [-0.2, 0) is 13.0 Å². The Morgan fingerprint density at radius 1 is 1.12 bits per heavy atom. The van der Waals surface area contributed by atoms with Crippen LogP contribution < -0.4 is 15.4 Å². The Hall–Kier alpha value is -2.63. The van der Waals surface area contributed by atoms with E-state index in [4.69, 9.17) is 4.74 Å². The van der Waals surface area contributed by atoms with Crippen LogP contribution in [-0.4, -0.2) is 35.6 Å². The number of nitrogens with zero attached hydrogens (tertiary/aromatic N) is 3. The van der Waals surface area contributed by atoms with E-state index in [9.17, 15) is 0 Å². The van der Waals surface area contributed by atoms with Gasteiger partial charge >= 0.3 is 0 Å². The van der Waals surface area contributed by atoms with Crippen molar-refractivity contribution in [3.05, 3.63) is 54.0 Å². The minimum absolute atomic E-state index is 0.305. The van der Waals surface area contributed by atoms with Gasteiger partial charge < -0.3 is 15.4 Å². The molecular formula is C20H27N5O. The normalized spacial score (nSPS) is 15.0. The van der Waals surface area contributed by atoms with Crippen molar-refractivity contribution in [1.29, 1.82) is 0 Å². The van der Waals surface area contributed by atoms with E-state index in [-0.39, 0.29) is 0 Å². The van der Waals surface area contributed by atoms with Gasteiger partial charge in [-0.25, -0.2) is 4.98 Å². The molecule has 2 aromatic rings. The van der Waals surface area contributed by atoms with Crippen LogP contribution in [0.4, 0.5) is 0 Å². The summed E-state index contributed by atoms with van der Waals surface area (Å²) in [7, 11) is 1.77. The lowest BCUT2D eigenvalue weighted by Gasteiger charge is -2.16. The molecule has 1 aliphatic carbocycles. The molecular weight excluding hydrogens is 326 g/mol. The number of ether oxygens (including phenoxy) is 1. The molecule has 6 heteroatoms. The Bertz CT molecular complexity index is 698. The molecule has 2 aromatic heterocycles. The maximum Gasteiger partial charge on any atom is 0.218 e. The number of hydrogen-bond donors (Lipinski definition) is 2. The summed E-state index contributed by atoms with van der Waals surface area (Å²) < 4.78 is 6.09. The third-order valence-corrected chi connectivity index (χ3v) is 4.50. The Labute approximate surface area is 155 Å². The van der Waals surface area contributed by atoms with Gasteiger partial charge in [-0.15, -0.1) is 0 Å². The van der Waals surface area contributed by atoms with Gasteiger partial charge in [0, 0.05) is 50.2 Å². The summed E-state index contributed by atoms with van der Waals surface area (Å²) in [6.45, 7) is 1.40. The van der Waals surface area contributed by atoms with E-state index in [1.54, 1.807) is 13.2 Å². The van der Waals surface area contributed by atoms with Crippen molar-refractivity contribution < 1.29 is 4.74 Å². The summed E-state index contributed by atoms with van der Waals surface area (Å²) in [5, 5.41) is 6.65. The zero-order chi connectivity index (χ0) is 18.0. The highest BCUT2D eigenvalue weighted by Crippen LogP contribution is 2.24. The van der Waals surface area contributed by atoms with Crippen LogP contribution in [0.15, 0.2) is 47.7 Å². The Morgan fingerprint density at radius 3 is 2.73 bits per heavy atom. The van der Waals surface area contributed by atoms with E-state index in [2.05, 4.69) is 25.6 Å². The first-order valence-corrected chi connectivity index (χ1v) is 9.30. The number of hydrogen-bond acceptors (Lipinski definition) is 4. The molecule has 0 aliphatic heterocycles. The van der Waals surface area contributed by atoms with E-state index in [1.165, 1.54) is 12.8 Å². The second-order valence-corrected chi connectivity index (χ2v) is 6.42. The molecule has 1 aliphatic rings. The second kappa shape index (κ2) is 9.75. The molecule has 0 saturated heterocycles. The van der Waals surface area contributed by atoms with Crippen LogP contribution in [0.1, 0.15) is 36.9 Å². The predicted molar refractivity (Wildman–Crippen MR) is 103 cm³/mol. The highest BCUT2D eigenvalue weighted by atomic mass is 16.5. The molecule has 0 aromatic carbocycles. The minimum atomic E-state index is 0.305. The van der Waals surface area contributed by atoms with Gasteiger partial charge in [-0.05, 0) is 43.9 Å². The summed E-state index contributed by atoms with van der Waals surface area (Å²) in [5.41, 5.74) is 2.11. The van der Waals surface area contributed by atoms with Crippen molar-refractivity contribution in [3.8, 4) is 5.88 Å². The third kappa shape index (κ3) is 5.44. The van der Waals surface area contributed by atoms with Crippen molar-refractivity contribution in [2.24, 2.45) is 4.99 Å². The lowest BCUT2D eigenvalue weighted by molar-refractivity contribution is 0.199. The standard InChI is InChI=1S/C20H27N5O/c1-21-20(24-14-11-17-8-4-5-12-22-17)25-15-16-7-6-13-23-19(16)26-18-9-2-3-10-18/h4-8,12-13,18H,2-3,9-11,14-15H2,1H3,(H2,21,24,25). The topological polar surface area (TPSA) is 71.4 Å². The van der Waals surface area contributed by atoms with Crippen LogP contribution in [0.5, 0.6) is 5.88 Å². The van der Waals surface area contributed by atoms with E-state index < -0.39 is 0 Å². The number of guanidine groups is 1. The highest BCUT2D eigenvalue weighted by Gasteiger charge is 2.18. The molecule has 0 radical (unpaired) electrons. The van der Waals surface area contributed by atoms with E-state index >= 15 is 0 Å². The Morgan fingerprint density at radius 2 is 1.96 bits per heavy atom. The molecule has 0 spiro atoms. The average molecular weight is 353 g/mol. The largest absolute Gasteiger partial charge is 0.474 e. The molecule has 1 fully saturated rings. The fraction of sp³-hybridized carbons (Fsp3) is 0.450. The van der Waals surface area contributed by atoms with Crippen molar-refractivity contribution in [2.75, 3.05) is 13.6 Å². The van der Waals surface area contributed by atoms with Gasteiger partial charge in [0.05, 0.1) is 0 Å². The Balaban J connectivity index is 1.49. The summed E-state index contributed by atoms with van der Waals surface area (Å²) in [6.07, 6.45) is 9.50. The van der Waals surface area contributed by atoms with Crippen LogP contribution >= 0.6 is 0 Å². The van der Waals surface area contributed by atoms with Gasteiger partial charge in [0.1, 0.15) is 6.10 Å². The SMILES string of the molecule is CN=C(NCCc1ccccn1)NCc1cccnc1OC1CCCC1. The molecule has 6 nitrogen and oxygen atoms in total. The van der Waals surface area contributed by atoms with Gasteiger partial charge in [-0.1, -0.05) is 12.1 Å². The van der Waals surface area contributed by atoms with Gasteiger partial charge in [-0.3, -0.25) is 9.98 Å². The zero-order valence-electron chi connectivity index (χ0n) is 15.3. The smallest absolute Gasteiger partial charge is 0.218 e. The van der Waals surface area contributed by atoms with Crippen LogP contribution in [0.3, 0.4) is 0 Å². The van der Waals surface area contributed by atoms with Crippen molar-refractivity contribution >= 4 is 5.96 Å². The molecule has 3 rings (SSSR count). The minimum Gasteiger partial charge on any atom is -0.474 e. The number of nitrogens with one attached hydrogen (secondary N) is 2. The lowest BCUT2D eigenvalue weighted by Crippen LogP contribution is -2.38. The monoisotopic (exact) mass is 353 g/mol.